The van der Waals surface area contributed by atoms with Gasteiger partial charge in [-0.3, -0.25) is 10.1 Å². The van der Waals surface area contributed by atoms with Crippen LogP contribution in [0.2, 0.25) is 0 Å². The third-order valence-electron chi connectivity index (χ3n) is 4.06. The Morgan fingerprint density at radius 1 is 1.45 bits per heavy atom. The molecule has 0 fully saturated rings. The van der Waals surface area contributed by atoms with Gasteiger partial charge in [0.05, 0.1) is 16.3 Å². The lowest BCUT2D eigenvalue weighted by Crippen LogP contribution is -2.25. The Morgan fingerprint density at radius 3 is 3.00 bits per heavy atom. The van der Waals surface area contributed by atoms with E-state index in [1.165, 1.54) is 5.56 Å². The molecule has 1 aliphatic rings. The number of aryl methyl sites for hydroxylation is 2. The summed E-state index contributed by atoms with van der Waals surface area (Å²) < 4.78 is 1.79. The molecule has 0 unspecified atom stereocenters. The van der Waals surface area contributed by atoms with E-state index in [1.54, 1.807) is 16.8 Å². The Balaban J connectivity index is 2.18. The molecule has 1 N–H and O–H groups in total. The molecule has 0 atom stereocenters. The minimum Gasteiger partial charge on any atom is -0.312 e. The van der Waals surface area contributed by atoms with E-state index in [9.17, 15) is 10.1 Å². The first-order valence-electron chi connectivity index (χ1n) is 7.67. The van der Waals surface area contributed by atoms with Crippen LogP contribution >= 0.6 is 0 Å². The highest BCUT2D eigenvalue weighted by molar-refractivity contribution is 5.55. The number of nitrogens with one attached hydrogen (secondary N) is 1. The minimum absolute atomic E-state index is 0.117. The summed E-state index contributed by atoms with van der Waals surface area (Å²) in [6.45, 7) is 5.66. The van der Waals surface area contributed by atoms with E-state index in [4.69, 9.17) is 5.10 Å². The van der Waals surface area contributed by atoms with Crippen molar-refractivity contribution in [2.75, 3.05) is 6.54 Å². The van der Waals surface area contributed by atoms with Crippen LogP contribution in [-0.4, -0.2) is 21.2 Å². The van der Waals surface area contributed by atoms with Crippen LogP contribution in [0.1, 0.15) is 35.9 Å². The van der Waals surface area contributed by atoms with E-state index >= 15 is 0 Å². The number of rotatable bonds is 4. The maximum Gasteiger partial charge on any atom is 0.295 e. The highest BCUT2D eigenvalue weighted by Crippen LogP contribution is 2.29. The van der Waals surface area contributed by atoms with Gasteiger partial charge >= 0.3 is 0 Å². The topological polar surface area (TPSA) is 73.0 Å². The van der Waals surface area contributed by atoms with Crippen molar-refractivity contribution in [2.24, 2.45) is 0 Å². The SMILES string of the molecule is CCCc1nn(-c2ccc(C)cc2[N+](=O)[O-])c2c1CNCC2. The van der Waals surface area contributed by atoms with Gasteiger partial charge < -0.3 is 5.32 Å². The lowest BCUT2D eigenvalue weighted by molar-refractivity contribution is -0.384. The molecule has 0 amide bonds. The average Bonchev–Trinajstić information content (AvgIpc) is 2.87. The molecule has 2 heterocycles. The van der Waals surface area contributed by atoms with Crippen molar-refractivity contribution in [2.45, 2.75) is 39.7 Å². The highest BCUT2D eigenvalue weighted by atomic mass is 16.6. The van der Waals surface area contributed by atoms with Gasteiger partial charge in [-0.25, -0.2) is 4.68 Å². The van der Waals surface area contributed by atoms with Crippen LogP contribution in [0.3, 0.4) is 0 Å². The number of nitrogens with zero attached hydrogens (tertiary/aromatic N) is 3. The van der Waals surface area contributed by atoms with Crippen LogP contribution in [0.4, 0.5) is 5.69 Å². The highest BCUT2D eigenvalue weighted by Gasteiger charge is 2.24. The quantitative estimate of drug-likeness (QED) is 0.696. The Morgan fingerprint density at radius 2 is 2.27 bits per heavy atom. The van der Waals surface area contributed by atoms with Crippen molar-refractivity contribution in [1.82, 2.24) is 15.1 Å². The predicted molar refractivity (Wildman–Crippen MR) is 84.4 cm³/mol. The van der Waals surface area contributed by atoms with Crippen molar-refractivity contribution in [1.29, 1.82) is 0 Å². The normalized spacial score (nSPS) is 13.9. The summed E-state index contributed by atoms with van der Waals surface area (Å²) in [6, 6.07) is 5.32. The largest absolute Gasteiger partial charge is 0.312 e. The van der Waals surface area contributed by atoms with Crippen molar-refractivity contribution < 1.29 is 4.92 Å². The molecule has 1 aromatic heterocycles. The van der Waals surface area contributed by atoms with Gasteiger partial charge in [0.2, 0.25) is 0 Å². The first kappa shape index (κ1) is 14.7. The molecule has 0 aliphatic carbocycles. The molecular formula is C16H20N4O2. The van der Waals surface area contributed by atoms with Gasteiger partial charge in [0.15, 0.2) is 0 Å². The van der Waals surface area contributed by atoms with Crippen LogP contribution < -0.4 is 5.32 Å². The van der Waals surface area contributed by atoms with Crippen LogP contribution in [0.25, 0.3) is 5.69 Å². The smallest absolute Gasteiger partial charge is 0.295 e. The van der Waals surface area contributed by atoms with Crippen molar-refractivity contribution >= 4 is 5.69 Å². The molecule has 6 heteroatoms. The summed E-state index contributed by atoms with van der Waals surface area (Å²) in [7, 11) is 0. The predicted octanol–water partition coefficient (Wildman–Crippen LogP) is 2.69. The van der Waals surface area contributed by atoms with Gasteiger partial charge in [-0.2, -0.15) is 5.10 Å². The van der Waals surface area contributed by atoms with Crippen molar-refractivity contribution in [3.63, 3.8) is 0 Å². The second kappa shape index (κ2) is 5.88. The first-order valence-corrected chi connectivity index (χ1v) is 7.67. The molecule has 1 aliphatic heterocycles. The number of hydrogen-bond acceptors (Lipinski definition) is 4. The zero-order valence-corrected chi connectivity index (χ0v) is 12.9. The number of fused-ring (bicyclic) bond motifs is 1. The molecule has 116 valence electrons. The summed E-state index contributed by atoms with van der Waals surface area (Å²) in [5.74, 6) is 0. The number of hydrogen-bond donors (Lipinski definition) is 1. The minimum atomic E-state index is -0.322. The van der Waals surface area contributed by atoms with Crippen LogP contribution in [0.15, 0.2) is 18.2 Å². The fourth-order valence-electron chi connectivity index (χ4n) is 3.01. The molecule has 3 rings (SSSR count). The Labute approximate surface area is 129 Å². The van der Waals surface area contributed by atoms with E-state index in [2.05, 4.69) is 12.2 Å². The average molecular weight is 300 g/mol. The standard InChI is InChI=1S/C16H20N4O2/c1-3-4-13-12-10-17-8-7-14(12)19(18-13)15-6-5-11(2)9-16(15)20(21)22/h5-6,9,17H,3-4,7-8,10H2,1-2H3. The molecule has 0 radical (unpaired) electrons. The second-order valence-electron chi connectivity index (χ2n) is 5.71. The molecule has 6 nitrogen and oxygen atoms in total. The van der Waals surface area contributed by atoms with E-state index < -0.39 is 0 Å². The zero-order valence-electron chi connectivity index (χ0n) is 12.9. The third-order valence-corrected chi connectivity index (χ3v) is 4.06. The molecular weight excluding hydrogens is 280 g/mol. The van der Waals surface area contributed by atoms with Gasteiger partial charge in [0.25, 0.3) is 5.69 Å². The molecule has 0 saturated carbocycles. The Bertz CT molecular complexity index is 721. The summed E-state index contributed by atoms with van der Waals surface area (Å²) in [6.07, 6.45) is 2.76. The zero-order chi connectivity index (χ0) is 15.7. The monoisotopic (exact) mass is 300 g/mol. The number of aromatic nitrogens is 2. The maximum atomic E-state index is 11.4. The summed E-state index contributed by atoms with van der Waals surface area (Å²) in [5, 5.41) is 19.5. The molecule has 2 aromatic rings. The fraction of sp³-hybridized carbons (Fsp3) is 0.438. The number of benzene rings is 1. The van der Waals surface area contributed by atoms with Crippen molar-refractivity contribution in [3.8, 4) is 5.69 Å². The van der Waals surface area contributed by atoms with Crippen LogP contribution in [0, 0.1) is 17.0 Å². The Hall–Kier alpha value is -2.21. The maximum absolute atomic E-state index is 11.4. The molecule has 0 bridgehead atoms. The fourth-order valence-corrected chi connectivity index (χ4v) is 3.01. The van der Waals surface area contributed by atoms with Gasteiger partial charge in [-0.15, -0.1) is 0 Å². The van der Waals surface area contributed by atoms with E-state index in [0.717, 1.165) is 49.3 Å². The van der Waals surface area contributed by atoms with Gasteiger partial charge in [-0.1, -0.05) is 19.4 Å². The lowest BCUT2D eigenvalue weighted by Gasteiger charge is -2.15. The lowest BCUT2D eigenvalue weighted by atomic mass is 10.0. The third kappa shape index (κ3) is 2.50. The molecule has 0 saturated heterocycles. The van der Waals surface area contributed by atoms with Crippen LogP contribution in [-0.2, 0) is 19.4 Å². The van der Waals surface area contributed by atoms with Crippen LogP contribution in [0.5, 0.6) is 0 Å². The van der Waals surface area contributed by atoms with Crippen molar-refractivity contribution in [3.05, 3.63) is 50.8 Å². The number of nitro benzene ring substituents is 1. The first-order chi connectivity index (χ1) is 10.6. The van der Waals surface area contributed by atoms with E-state index in [1.807, 2.05) is 13.0 Å². The molecule has 22 heavy (non-hydrogen) atoms. The summed E-state index contributed by atoms with van der Waals surface area (Å²) in [4.78, 5) is 11.1. The van der Waals surface area contributed by atoms with Gasteiger partial charge in [0, 0.05) is 31.1 Å². The molecule has 0 spiro atoms. The van der Waals surface area contributed by atoms with E-state index in [0.29, 0.717) is 5.69 Å². The second-order valence-corrected chi connectivity index (χ2v) is 5.71. The van der Waals surface area contributed by atoms with E-state index in [-0.39, 0.29) is 10.6 Å². The van der Waals surface area contributed by atoms with Gasteiger partial charge in [-0.05, 0) is 25.0 Å². The molecule has 1 aromatic carbocycles. The Kier molecular flexibility index (Phi) is 3.94. The number of nitro groups is 1. The van der Waals surface area contributed by atoms with Gasteiger partial charge in [0.1, 0.15) is 5.69 Å². The summed E-state index contributed by atoms with van der Waals surface area (Å²) >= 11 is 0. The summed E-state index contributed by atoms with van der Waals surface area (Å²) in [5.41, 5.74) is 4.94.